The van der Waals surface area contributed by atoms with E-state index in [2.05, 4.69) is 10.4 Å². The van der Waals surface area contributed by atoms with Crippen LogP contribution in [-0.2, 0) is 9.36 Å². The zero-order valence-corrected chi connectivity index (χ0v) is 18.1. The second-order valence-electron chi connectivity index (χ2n) is 7.44. The number of para-hydroxylation sites is 1. The average molecular weight is 447 g/mol. The van der Waals surface area contributed by atoms with Crippen LogP contribution in [0, 0.1) is 10.1 Å². The van der Waals surface area contributed by atoms with Crippen LogP contribution in [0.15, 0.2) is 54.6 Å². The minimum atomic E-state index is -4.05. The summed E-state index contributed by atoms with van der Waals surface area (Å²) in [6, 6.07) is 12.8. The summed E-state index contributed by atoms with van der Waals surface area (Å²) in [6.45, 7) is 1.58. The van der Waals surface area contributed by atoms with Gasteiger partial charge >= 0.3 is 7.75 Å². The first-order chi connectivity index (χ1) is 14.8. The molecule has 0 saturated heterocycles. The van der Waals surface area contributed by atoms with Gasteiger partial charge in [-0.2, -0.15) is 5.09 Å². The van der Waals surface area contributed by atoms with Crippen LogP contribution in [0.2, 0.25) is 0 Å². The Labute approximate surface area is 180 Å². The van der Waals surface area contributed by atoms with Gasteiger partial charge in [0.1, 0.15) is 11.5 Å². The molecule has 0 aromatic heterocycles. The predicted molar refractivity (Wildman–Crippen MR) is 116 cm³/mol. The molecule has 10 heteroatoms. The lowest BCUT2D eigenvalue weighted by Gasteiger charge is -2.26. The summed E-state index contributed by atoms with van der Waals surface area (Å²) in [5, 5.41) is 16.5. The Hall–Kier alpha value is -2.90. The van der Waals surface area contributed by atoms with Crippen molar-refractivity contribution >= 4 is 19.3 Å². The molecule has 2 aromatic rings. The number of nitrogens with one attached hydrogen (secondary N) is 2. The quantitative estimate of drug-likeness (QED) is 0.328. The van der Waals surface area contributed by atoms with Gasteiger partial charge in [0.2, 0.25) is 5.91 Å². The standard InChI is InChI=1S/C21H26N3O6P/c1-16(21(25)22-17-8-4-2-5-9-17)23-31(28,29-19-10-6-3-7-11-19)30-20-14-12-18(13-15-20)24(26)27/h3,6-7,10-17H,2,4-5,8-9H2,1H3,(H,22,25)(H,23,28)/t16-,31?/m0/s1. The first-order valence-corrected chi connectivity index (χ1v) is 11.8. The topological polar surface area (TPSA) is 120 Å². The van der Waals surface area contributed by atoms with Crippen LogP contribution >= 0.6 is 7.75 Å². The molecule has 1 saturated carbocycles. The average Bonchev–Trinajstić information content (AvgIpc) is 2.75. The van der Waals surface area contributed by atoms with Crippen LogP contribution < -0.4 is 19.5 Å². The molecule has 1 aliphatic rings. The van der Waals surface area contributed by atoms with Crippen LogP contribution in [0.25, 0.3) is 0 Å². The van der Waals surface area contributed by atoms with E-state index in [1.54, 1.807) is 37.3 Å². The van der Waals surface area contributed by atoms with Crippen molar-refractivity contribution in [3.8, 4) is 11.5 Å². The van der Waals surface area contributed by atoms with Crippen molar-refractivity contribution in [1.82, 2.24) is 10.4 Å². The van der Waals surface area contributed by atoms with E-state index < -0.39 is 18.7 Å². The Balaban J connectivity index is 1.73. The molecular formula is C21H26N3O6P. The predicted octanol–water partition coefficient (Wildman–Crippen LogP) is 4.59. The lowest BCUT2D eigenvalue weighted by Crippen LogP contribution is -2.46. The van der Waals surface area contributed by atoms with E-state index in [1.165, 1.54) is 30.7 Å². The zero-order valence-electron chi connectivity index (χ0n) is 17.2. The second-order valence-corrected chi connectivity index (χ2v) is 9.06. The van der Waals surface area contributed by atoms with Crippen LogP contribution in [0.5, 0.6) is 11.5 Å². The van der Waals surface area contributed by atoms with Gasteiger partial charge in [0.15, 0.2) is 0 Å². The smallest absolute Gasteiger partial charge is 0.405 e. The van der Waals surface area contributed by atoms with Gasteiger partial charge in [0, 0.05) is 18.2 Å². The maximum absolute atomic E-state index is 13.5. The fraction of sp³-hybridized carbons (Fsp3) is 0.381. The third-order valence-corrected chi connectivity index (χ3v) is 6.54. The summed E-state index contributed by atoms with van der Waals surface area (Å²) in [4.78, 5) is 22.9. The number of benzene rings is 2. The van der Waals surface area contributed by atoms with Crippen molar-refractivity contribution in [3.05, 3.63) is 64.7 Å². The minimum absolute atomic E-state index is 0.107. The molecule has 1 amide bonds. The van der Waals surface area contributed by atoms with E-state index >= 15 is 0 Å². The molecule has 9 nitrogen and oxygen atoms in total. The van der Waals surface area contributed by atoms with Crippen molar-refractivity contribution in [3.63, 3.8) is 0 Å². The molecule has 31 heavy (non-hydrogen) atoms. The van der Waals surface area contributed by atoms with E-state index in [-0.39, 0.29) is 23.4 Å². The van der Waals surface area contributed by atoms with Gasteiger partial charge in [-0.25, -0.2) is 4.57 Å². The second kappa shape index (κ2) is 10.4. The maximum atomic E-state index is 13.5. The lowest BCUT2D eigenvalue weighted by atomic mass is 9.95. The Morgan fingerprint density at radius 2 is 1.61 bits per heavy atom. The van der Waals surface area contributed by atoms with Crippen molar-refractivity contribution < 1.29 is 23.3 Å². The van der Waals surface area contributed by atoms with Crippen molar-refractivity contribution in [2.75, 3.05) is 0 Å². The molecule has 0 spiro atoms. The van der Waals surface area contributed by atoms with Gasteiger partial charge in [0.05, 0.1) is 11.0 Å². The van der Waals surface area contributed by atoms with Crippen molar-refractivity contribution in [1.29, 1.82) is 0 Å². The fourth-order valence-electron chi connectivity index (χ4n) is 3.33. The first kappa shape index (κ1) is 22.8. The summed E-state index contributed by atoms with van der Waals surface area (Å²) in [5.74, 6) is 0.105. The van der Waals surface area contributed by atoms with Crippen LogP contribution in [0.3, 0.4) is 0 Å². The highest BCUT2D eigenvalue weighted by Gasteiger charge is 2.34. The van der Waals surface area contributed by atoms with Crippen molar-refractivity contribution in [2.45, 2.75) is 51.1 Å². The van der Waals surface area contributed by atoms with Crippen molar-refractivity contribution in [2.24, 2.45) is 0 Å². The number of nitrogens with zero attached hydrogens (tertiary/aromatic N) is 1. The number of nitro benzene ring substituents is 1. The molecular weight excluding hydrogens is 421 g/mol. The summed E-state index contributed by atoms with van der Waals surface area (Å²) in [5.41, 5.74) is -0.126. The molecule has 1 unspecified atom stereocenters. The van der Waals surface area contributed by atoms with Gasteiger partial charge in [-0.1, -0.05) is 37.5 Å². The molecule has 166 valence electrons. The zero-order chi connectivity index (χ0) is 22.3. The third-order valence-electron chi connectivity index (χ3n) is 4.94. The number of carbonyl (C=O) groups is 1. The largest absolute Gasteiger partial charge is 0.513 e. The van der Waals surface area contributed by atoms with E-state index in [0.29, 0.717) is 5.75 Å². The number of non-ortho nitro benzene ring substituents is 1. The molecule has 1 fully saturated rings. The van der Waals surface area contributed by atoms with Crippen LogP contribution in [-0.4, -0.2) is 22.9 Å². The van der Waals surface area contributed by atoms with Gasteiger partial charge in [-0.05, 0) is 44.0 Å². The monoisotopic (exact) mass is 447 g/mol. The summed E-state index contributed by atoms with van der Waals surface area (Å²) >= 11 is 0. The van der Waals surface area contributed by atoms with Gasteiger partial charge in [-0.15, -0.1) is 0 Å². The molecule has 0 aliphatic heterocycles. The van der Waals surface area contributed by atoms with E-state index in [4.69, 9.17) is 9.05 Å². The molecule has 2 N–H and O–H groups in total. The van der Waals surface area contributed by atoms with Crippen LogP contribution in [0.4, 0.5) is 5.69 Å². The third kappa shape index (κ3) is 6.80. The Bertz CT molecular complexity index is 932. The molecule has 0 bridgehead atoms. The van der Waals surface area contributed by atoms with Gasteiger partial charge in [0.25, 0.3) is 5.69 Å². The lowest BCUT2D eigenvalue weighted by molar-refractivity contribution is -0.384. The molecule has 2 atom stereocenters. The summed E-state index contributed by atoms with van der Waals surface area (Å²) in [7, 11) is -4.05. The number of hydrogen-bond acceptors (Lipinski definition) is 6. The normalized spacial score (nSPS) is 17.2. The van der Waals surface area contributed by atoms with Crippen LogP contribution in [0.1, 0.15) is 39.0 Å². The van der Waals surface area contributed by atoms with E-state index in [0.717, 1.165) is 25.7 Å². The van der Waals surface area contributed by atoms with Gasteiger partial charge in [-0.3, -0.25) is 14.9 Å². The highest BCUT2D eigenvalue weighted by molar-refractivity contribution is 7.52. The highest BCUT2D eigenvalue weighted by atomic mass is 31.2. The number of hydrogen-bond donors (Lipinski definition) is 2. The Kier molecular flexibility index (Phi) is 7.65. The Morgan fingerprint density at radius 1 is 1.03 bits per heavy atom. The summed E-state index contributed by atoms with van der Waals surface area (Å²) < 4.78 is 24.7. The van der Waals surface area contributed by atoms with Gasteiger partial charge < -0.3 is 14.4 Å². The number of rotatable bonds is 9. The minimum Gasteiger partial charge on any atom is -0.405 e. The maximum Gasteiger partial charge on any atom is 0.513 e. The SMILES string of the molecule is C[C@H](NP(=O)(Oc1ccccc1)Oc1ccc([N+](=O)[O-])cc1)C(=O)NC1CCCCC1. The number of nitro groups is 1. The summed E-state index contributed by atoms with van der Waals surface area (Å²) in [6.07, 6.45) is 5.17. The number of amides is 1. The first-order valence-electron chi connectivity index (χ1n) is 10.2. The molecule has 1 aliphatic carbocycles. The molecule has 0 heterocycles. The van der Waals surface area contributed by atoms with E-state index in [9.17, 15) is 19.5 Å². The fourth-order valence-corrected chi connectivity index (χ4v) is 4.86. The molecule has 3 rings (SSSR count). The molecule has 2 aromatic carbocycles. The molecule has 0 radical (unpaired) electrons. The van der Waals surface area contributed by atoms with E-state index in [1.807, 2.05) is 0 Å². The number of carbonyl (C=O) groups excluding carboxylic acids is 1. The Morgan fingerprint density at radius 3 is 2.19 bits per heavy atom. The highest BCUT2D eigenvalue weighted by Crippen LogP contribution is 2.45.